The maximum absolute atomic E-state index is 12.4. The minimum atomic E-state index is -0.362. The van der Waals surface area contributed by atoms with E-state index < -0.39 is 0 Å². The molecule has 0 aliphatic rings. The van der Waals surface area contributed by atoms with E-state index in [-0.39, 0.29) is 43.6 Å². The molecule has 0 spiro atoms. The Balaban J connectivity index is 4.22. The van der Waals surface area contributed by atoms with E-state index in [0.717, 1.165) is 76.0 Å². The van der Waals surface area contributed by atoms with E-state index in [1.807, 2.05) is 0 Å². The molecule has 0 aliphatic heterocycles. The number of esters is 3. The standard InChI is InChI=1S/C42H75BrO6/c1-3-5-7-9-11-13-15-17-19-21-23-25-28-32-40(44)47-36-39(38-49-42(46)34-30-27-31-35-43)37-48-41(45)33-29-26-24-22-20-18-16-14-12-10-8-6-4-2/h13-16,39H,3-12,17-38H2,1-2H3/b15-13-,16-14-. The third kappa shape index (κ3) is 37.5. The van der Waals surface area contributed by atoms with Gasteiger partial charge in [-0.15, -0.1) is 0 Å². The predicted molar refractivity (Wildman–Crippen MR) is 209 cm³/mol. The fraction of sp³-hybridized carbons (Fsp3) is 0.833. The lowest BCUT2D eigenvalue weighted by atomic mass is 10.1. The molecule has 49 heavy (non-hydrogen) atoms. The van der Waals surface area contributed by atoms with Crippen LogP contribution in [0.15, 0.2) is 24.3 Å². The van der Waals surface area contributed by atoms with Crippen LogP contribution in [-0.2, 0) is 28.6 Å². The molecule has 0 N–H and O–H groups in total. The highest BCUT2D eigenvalue weighted by Gasteiger charge is 2.18. The maximum Gasteiger partial charge on any atom is 0.305 e. The van der Waals surface area contributed by atoms with E-state index in [0.29, 0.717) is 19.3 Å². The minimum Gasteiger partial charge on any atom is -0.465 e. The molecule has 0 aromatic heterocycles. The van der Waals surface area contributed by atoms with E-state index in [2.05, 4.69) is 54.1 Å². The van der Waals surface area contributed by atoms with Gasteiger partial charge in [-0.1, -0.05) is 138 Å². The molecule has 0 rings (SSSR count). The molecule has 6 nitrogen and oxygen atoms in total. The molecule has 0 aliphatic carbocycles. The van der Waals surface area contributed by atoms with Crippen molar-refractivity contribution >= 4 is 33.8 Å². The molecule has 0 radical (unpaired) electrons. The molecule has 0 aromatic rings. The second-order valence-electron chi connectivity index (χ2n) is 13.7. The van der Waals surface area contributed by atoms with E-state index in [9.17, 15) is 14.4 Å². The lowest BCUT2D eigenvalue weighted by molar-refractivity contribution is -0.153. The average Bonchev–Trinajstić information content (AvgIpc) is 3.10. The Morgan fingerprint density at radius 3 is 1.04 bits per heavy atom. The number of carbonyl (C=O) groups is 3. The molecule has 286 valence electrons. The van der Waals surface area contributed by atoms with Crippen LogP contribution in [-0.4, -0.2) is 43.1 Å². The topological polar surface area (TPSA) is 78.9 Å². The van der Waals surface area contributed by atoms with E-state index in [1.165, 1.54) is 89.9 Å². The van der Waals surface area contributed by atoms with Crippen molar-refractivity contribution in [1.82, 2.24) is 0 Å². The van der Waals surface area contributed by atoms with Gasteiger partial charge in [0.05, 0.1) is 5.92 Å². The van der Waals surface area contributed by atoms with Crippen LogP contribution in [0.3, 0.4) is 0 Å². The first-order valence-corrected chi connectivity index (χ1v) is 21.5. The molecule has 7 heteroatoms. The summed E-state index contributed by atoms with van der Waals surface area (Å²) in [4.78, 5) is 37.1. The fourth-order valence-electron chi connectivity index (χ4n) is 5.51. The molecule has 0 saturated heterocycles. The lowest BCUT2D eigenvalue weighted by Crippen LogP contribution is -2.26. The molecule has 0 bridgehead atoms. The van der Waals surface area contributed by atoms with Crippen LogP contribution in [0.1, 0.15) is 194 Å². The van der Waals surface area contributed by atoms with Crippen molar-refractivity contribution in [2.24, 2.45) is 5.92 Å². The van der Waals surface area contributed by atoms with Gasteiger partial charge in [-0.25, -0.2) is 0 Å². The molecule has 0 atom stereocenters. The molecular formula is C42H75BrO6. The normalized spacial score (nSPS) is 11.6. The maximum atomic E-state index is 12.4. The van der Waals surface area contributed by atoms with E-state index in [4.69, 9.17) is 14.2 Å². The number of alkyl halides is 1. The highest BCUT2D eigenvalue weighted by Crippen LogP contribution is 2.13. The first-order valence-electron chi connectivity index (χ1n) is 20.4. The molecule has 0 saturated carbocycles. The van der Waals surface area contributed by atoms with Crippen LogP contribution < -0.4 is 0 Å². The van der Waals surface area contributed by atoms with Gasteiger partial charge in [-0.2, -0.15) is 0 Å². The molecular weight excluding hydrogens is 680 g/mol. The van der Waals surface area contributed by atoms with E-state index in [1.54, 1.807) is 0 Å². The number of ether oxygens (including phenoxy) is 3. The highest BCUT2D eigenvalue weighted by molar-refractivity contribution is 9.09. The van der Waals surface area contributed by atoms with Crippen molar-refractivity contribution in [2.75, 3.05) is 25.2 Å². The predicted octanol–water partition coefficient (Wildman–Crippen LogP) is 12.7. The number of halogens is 1. The van der Waals surface area contributed by atoms with Crippen molar-refractivity contribution in [3.63, 3.8) is 0 Å². The van der Waals surface area contributed by atoms with Crippen LogP contribution in [0, 0.1) is 5.92 Å². The second-order valence-corrected chi connectivity index (χ2v) is 14.5. The summed E-state index contributed by atoms with van der Waals surface area (Å²) in [6, 6.07) is 0. The Morgan fingerprint density at radius 1 is 0.429 bits per heavy atom. The second kappa shape index (κ2) is 39.2. The highest BCUT2D eigenvalue weighted by atomic mass is 79.9. The van der Waals surface area contributed by atoms with Gasteiger partial charge in [-0.3, -0.25) is 14.4 Å². The first kappa shape index (κ1) is 47.4. The van der Waals surface area contributed by atoms with Gasteiger partial charge < -0.3 is 14.2 Å². The van der Waals surface area contributed by atoms with Crippen LogP contribution in [0.25, 0.3) is 0 Å². The number of hydrogen-bond donors (Lipinski definition) is 0. The molecule has 0 unspecified atom stereocenters. The summed E-state index contributed by atoms with van der Waals surface area (Å²) in [5.74, 6) is -1.11. The first-order chi connectivity index (χ1) is 24.0. The van der Waals surface area contributed by atoms with Crippen molar-refractivity contribution in [3.05, 3.63) is 24.3 Å². The summed E-state index contributed by atoms with van der Waals surface area (Å²) >= 11 is 3.41. The van der Waals surface area contributed by atoms with Gasteiger partial charge in [0, 0.05) is 24.6 Å². The molecule has 0 heterocycles. The third-order valence-corrected chi connectivity index (χ3v) is 9.30. The molecule has 0 fully saturated rings. The monoisotopic (exact) mass is 754 g/mol. The average molecular weight is 756 g/mol. The summed E-state index contributed by atoms with van der Waals surface area (Å²) in [7, 11) is 0. The van der Waals surface area contributed by atoms with Crippen LogP contribution >= 0.6 is 15.9 Å². The number of unbranched alkanes of at least 4 members (excludes halogenated alkanes) is 20. The Hall–Kier alpha value is -1.63. The van der Waals surface area contributed by atoms with E-state index >= 15 is 0 Å². The quantitative estimate of drug-likeness (QED) is 0.0207. The van der Waals surface area contributed by atoms with Crippen molar-refractivity contribution < 1.29 is 28.6 Å². The van der Waals surface area contributed by atoms with Crippen molar-refractivity contribution in [3.8, 4) is 0 Å². The smallest absolute Gasteiger partial charge is 0.305 e. The zero-order valence-corrected chi connectivity index (χ0v) is 33.4. The largest absolute Gasteiger partial charge is 0.465 e. The van der Waals surface area contributed by atoms with Gasteiger partial charge in [0.15, 0.2) is 0 Å². The summed E-state index contributed by atoms with van der Waals surface area (Å²) < 4.78 is 16.5. The van der Waals surface area contributed by atoms with Crippen molar-refractivity contribution in [2.45, 2.75) is 194 Å². The van der Waals surface area contributed by atoms with Crippen molar-refractivity contribution in [1.29, 1.82) is 0 Å². The van der Waals surface area contributed by atoms with Crippen LogP contribution in [0.5, 0.6) is 0 Å². The molecule has 0 aromatic carbocycles. The third-order valence-electron chi connectivity index (χ3n) is 8.74. The van der Waals surface area contributed by atoms with Gasteiger partial charge in [0.2, 0.25) is 0 Å². The van der Waals surface area contributed by atoms with Gasteiger partial charge in [0.25, 0.3) is 0 Å². The fourth-order valence-corrected chi connectivity index (χ4v) is 5.90. The van der Waals surface area contributed by atoms with Gasteiger partial charge >= 0.3 is 17.9 Å². The zero-order valence-electron chi connectivity index (χ0n) is 31.8. The molecule has 0 amide bonds. The lowest BCUT2D eigenvalue weighted by Gasteiger charge is -2.17. The number of allylic oxidation sites excluding steroid dienone is 4. The SMILES string of the molecule is CCCCCC/C=C\CCCCCCCC(=O)OCC(COC(=O)CCCCCBr)COC(=O)CCCCCCC/C=C\CCCCCC. The Morgan fingerprint density at radius 2 is 0.714 bits per heavy atom. The summed E-state index contributed by atoms with van der Waals surface area (Å²) in [5.41, 5.74) is 0. The van der Waals surface area contributed by atoms with Crippen LogP contribution in [0.4, 0.5) is 0 Å². The van der Waals surface area contributed by atoms with Crippen LogP contribution in [0.2, 0.25) is 0 Å². The Bertz CT molecular complexity index is 759. The Labute approximate surface area is 310 Å². The summed E-state index contributed by atoms with van der Waals surface area (Å²) in [6.45, 7) is 4.74. The number of rotatable bonds is 37. The Kier molecular flexibility index (Phi) is 37.9. The summed E-state index contributed by atoms with van der Waals surface area (Å²) in [5, 5.41) is 0.925. The number of carbonyl (C=O) groups excluding carboxylic acids is 3. The number of hydrogen-bond acceptors (Lipinski definition) is 6. The van der Waals surface area contributed by atoms with Gasteiger partial charge in [0.1, 0.15) is 19.8 Å². The zero-order chi connectivity index (χ0) is 35.9. The van der Waals surface area contributed by atoms with Gasteiger partial charge in [-0.05, 0) is 77.0 Å². The summed E-state index contributed by atoms with van der Waals surface area (Å²) in [6.07, 6.45) is 39.0. The minimum absolute atomic E-state index is 0.0816.